The first-order valence-electron chi connectivity index (χ1n) is 4.67. The van der Waals surface area contributed by atoms with Crippen LogP contribution in [0.1, 0.15) is 13.3 Å². The highest BCUT2D eigenvalue weighted by atomic mass is 32.2. The minimum absolute atomic E-state index is 0.00355. The second-order valence-corrected chi connectivity index (χ2v) is 4.36. The first-order valence-corrected chi connectivity index (χ1v) is 5.55. The molecule has 1 aromatic rings. The smallest absolute Gasteiger partial charge is 0.152 e. The number of nitrogens with zero attached hydrogens (tertiary/aromatic N) is 1. The number of halogens is 2. The van der Waals surface area contributed by atoms with Crippen molar-refractivity contribution in [2.75, 3.05) is 0 Å². The quantitative estimate of drug-likeness (QED) is 0.282. The highest BCUT2D eigenvalue weighted by Gasteiger charge is 2.16. The lowest BCUT2D eigenvalue weighted by Crippen LogP contribution is -2.25. The molecule has 0 aliphatic carbocycles. The third-order valence-electron chi connectivity index (χ3n) is 1.98. The van der Waals surface area contributed by atoms with Crippen molar-refractivity contribution in [3.8, 4) is 0 Å². The molecule has 0 aliphatic heterocycles. The minimum atomic E-state index is -0.518. The van der Waals surface area contributed by atoms with Crippen LogP contribution in [0, 0.1) is 11.6 Å². The summed E-state index contributed by atoms with van der Waals surface area (Å²) in [4.78, 5) is 0.151. The molecule has 0 aliphatic rings. The first-order chi connectivity index (χ1) is 7.58. The van der Waals surface area contributed by atoms with E-state index in [4.69, 9.17) is 10.9 Å². The molecule has 0 bridgehead atoms. The lowest BCUT2D eigenvalue weighted by atomic mass is 10.3. The summed E-state index contributed by atoms with van der Waals surface area (Å²) in [6.45, 7) is 1.81. The molecule has 0 saturated heterocycles. The van der Waals surface area contributed by atoms with E-state index in [-0.39, 0.29) is 16.0 Å². The number of rotatable bonds is 4. The Morgan fingerprint density at radius 1 is 1.56 bits per heavy atom. The molecular formula is C10H12F2N2OS. The topological polar surface area (TPSA) is 58.6 Å². The Hall–Kier alpha value is -1.30. The molecule has 1 aromatic carbocycles. The van der Waals surface area contributed by atoms with E-state index in [1.807, 2.05) is 6.92 Å². The van der Waals surface area contributed by atoms with E-state index in [0.29, 0.717) is 6.42 Å². The molecule has 0 amide bonds. The van der Waals surface area contributed by atoms with E-state index in [1.165, 1.54) is 0 Å². The summed E-state index contributed by atoms with van der Waals surface area (Å²) < 4.78 is 26.2. The summed E-state index contributed by atoms with van der Waals surface area (Å²) in [7, 11) is 0. The van der Waals surface area contributed by atoms with Crippen molar-refractivity contribution in [2.45, 2.75) is 23.5 Å². The average molecular weight is 246 g/mol. The second-order valence-electron chi connectivity index (χ2n) is 3.11. The van der Waals surface area contributed by atoms with Crippen LogP contribution in [0.2, 0.25) is 0 Å². The Balaban J connectivity index is 2.89. The van der Waals surface area contributed by atoms with Crippen molar-refractivity contribution in [1.82, 2.24) is 0 Å². The third kappa shape index (κ3) is 3.10. The van der Waals surface area contributed by atoms with E-state index >= 15 is 0 Å². The summed E-state index contributed by atoms with van der Waals surface area (Å²) in [5.41, 5.74) is 5.43. The molecule has 1 unspecified atom stereocenters. The Morgan fingerprint density at radius 3 is 2.81 bits per heavy atom. The van der Waals surface area contributed by atoms with Crippen molar-refractivity contribution in [2.24, 2.45) is 10.9 Å². The first kappa shape index (κ1) is 12.8. The molecule has 88 valence electrons. The van der Waals surface area contributed by atoms with Gasteiger partial charge < -0.3 is 10.9 Å². The van der Waals surface area contributed by atoms with Crippen molar-refractivity contribution < 1.29 is 14.0 Å². The Morgan fingerprint density at radius 2 is 2.25 bits per heavy atom. The predicted octanol–water partition coefficient (Wildman–Crippen LogP) is 2.58. The highest BCUT2D eigenvalue weighted by molar-refractivity contribution is 8.00. The van der Waals surface area contributed by atoms with Gasteiger partial charge in [0.05, 0.1) is 5.25 Å². The van der Waals surface area contributed by atoms with Gasteiger partial charge in [0.25, 0.3) is 0 Å². The lowest BCUT2D eigenvalue weighted by Gasteiger charge is -2.12. The molecule has 16 heavy (non-hydrogen) atoms. The lowest BCUT2D eigenvalue weighted by molar-refractivity contribution is 0.317. The summed E-state index contributed by atoms with van der Waals surface area (Å²) in [6.07, 6.45) is 0.552. The van der Waals surface area contributed by atoms with Gasteiger partial charge in [0, 0.05) is 4.90 Å². The number of thioether (sulfide) groups is 1. The predicted molar refractivity (Wildman–Crippen MR) is 59.7 cm³/mol. The summed E-state index contributed by atoms with van der Waals surface area (Å²) in [5, 5.41) is 11.0. The van der Waals surface area contributed by atoms with Crippen LogP contribution in [0.3, 0.4) is 0 Å². The van der Waals surface area contributed by atoms with Crippen LogP contribution in [-0.4, -0.2) is 16.3 Å². The number of oxime groups is 1. The summed E-state index contributed by atoms with van der Waals surface area (Å²) in [6, 6.07) is 3.19. The Labute approximate surface area is 96.3 Å². The van der Waals surface area contributed by atoms with Crippen LogP contribution in [-0.2, 0) is 0 Å². The number of hydrogen-bond donors (Lipinski definition) is 2. The molecule has 3 N–H and O–H groups in total. The van der Waals surface area contributed by atoms with Crippen molar-refractivity contribution in [3.05, 3.63) is 29.8 Å². The van der Waals surface area contributed by atoms with Gasteiger partial charge in [0.15, 0.2) is 5.84 Å². The SMILES string of the molecule is CCC(Sc1cc(F)ccc1F)C(N)=NO. The molecule has 6 heteroatoms. The van der Waals surface area contributed by atoms with Crippen molar-refractivity contribution in [1.29, 1.82) is 0 Å². The molecule has 1 rings (SSSR count). The average Bonchev–Trinajstić information content (AvgIpc) is 2.29. The van der Waals surface area contributed by atoms with Gasteiger partial charge in [-0.1, -0.05) is 12.1 Å². The third-order valence-corrected chi connectivity index (χ3v) is 3.40. The van der Waals surface area contributed by atoms with Crippen LogP contribution in [0.25, 0.3) is 0 Å². The zero-order chi connectivity index (χ0) is 12.1. The zero-order valence-electron chi connectivity index (χ0n) is 8.65. The van der Waals surface area contributed by atoms with Gasteiger partial charge in [-0.05, 0) is 24.6 Å². The van der Waals surface area contributed by atoms with Gasteiger partial charge >= 0.3 is 0 Å². The largest absolute Gasteiger partial charge is 0.409 e. The van der Waals surface area contributed by atoms with Crippen molar-refractivity contribution in [3.63, 3.8) is 0 Å². The van der Waals surface area contributed by atoms with Gasteiger partial charge in [-0.2, -0.15) is 0 Å². The molecule has 0 saturated carbocycles. The van der Waals surface area contributed by atoms with E-state index < -0.39 is 11.6 Å². The molecule has 0 fully saturated rings. The molecular weight excluding hydrogens is 234 g/mol. The Bertz CT molecular complexity index is 398. The van der Waals surface area contributed by atoms with Crippen LogP contribution < -0.4 is 5.73 Å². The molecule has 0 spiro atoms. The maximum atomic E-state index is 13.3. The molecule has 3 nitrogen and oxygen atoms in total. The molecule has 0 heterocycles. The van der Waals surface area contributed by atoms with Crippen LogP contribution in [0.5, 0.6) is 0 Å². The fourth-order valence-electron chi connectivity index (χ4n) is 1.14. The zero-order valence-corrected chi connectivity index (χ0v) is 9.47. The molecule has 0 radical (unpaired) electrons. The number of benzene rings is 1. The van der Waals surface area contributed by atoms with Crippen molar-refractivity contribution >= 4 is 17.6 Å². The normalized spacial score (nSPS) is 13.8. The maximum absolute atomic E-state index is 13.3. The monoisotopic (exact) mass is 246 g/mol. The fourth-order valence-corrected chi connectivity index (χ4v) is 2.14. The maximum Gasteiger partial charge on any atom is 0.152 e. The van der Waals surface area contributed by atoms with E-state index in [9.17, 15) is 8.78 Å². The van der Waals surface area contributed by atoms with Crippen LogP contribution in [0.4, 0.5) is 8.78 Å². The molecule has 1 atom stereocenters. The van der Waals surface area contributed by atoms with Gasteiger partial charge in [0.1, 0.15) is 11.6 Å². The highest BCUT2D eigenvalue weighted by Crippen LogP contribution is 2.28. The van der Waals surface area contributed by atoms with E-state index in [2.05, 4.69) is 5.16 Å². The Kier molecular flexibility index (Phi) is 4.54. The number of hydrogen-bond acceptors (Lipinski definition) is 3. The van der Waals surface area contributed by atoms with E-state index in [0.717, 1.165) is 30.0 Å². The van der Waals surface area contributed by atoms with Crippen LogP contribution >= 0.6 is 11.8 Å². The number of amidine groups is 1. The van der Waals surface area contributed by atoms with E-state index in [1.54, 1.807) is 0 Å². The standard InChI is InChI=1S/C10H12F2N2OS/c1-2-8(10(13)14-15)16-9-5-6(11)3-4-7(9)12/h3-5,8,15H,2H2,1H3,(H2,13,14). The van der Waals surface area contributed by atoms with Gasteiger partial charge in [-0.3, -0.25) is 0 Å². The minimum Gasteiger partial charge on any atom is -0.409 e. The fraction of sp³-hybridized carbons (Fsp3) is 0.300. The van der Waals surface area contributed by atoms with Crippen LogP contribution in [0.15, 0.2) is 28.3 Å². The van der Waals surface area contributed by atoms with Gasteiger partial charge in [-0.25, -0.2) is 8.78 Å². The summed E-state index contributed by atoms with van der Waals surface area (Å²) in [5.74, 6) is -1.04. The van der Waals surface area contributed by atoms with Gasteiger partial charge in [0.2, 0.25) is 0 Å². The summed E-state index contributed by atoms with van der Waals surface area (Å²) >= 11 is 1.03. The molecule has 0 aromatic heterocycles. The van der Waals surface area contributed by atoms with Gasteiger partial charge in [-0.15, -0.1) is 11.8 Å². The number of nitrogens with two attached hydrogens (primary N) is 1. The second kappa shape index (κ2) is 5.69.